The molecular weight excluding hydrogens is 409 g/mol. The van der Waals surface area contributed by atoms with E-state index in [-0.39, 0.29) is 35.1 Å². The average Bonchev–Trinajstić information content (AvgIpc) is 2.75. The molecule has 1 aliphatic rings. The monoisotopic (exact) mass is 420 g/mol. The Morgan fingerprint density at radius 2 is 1.88 bits per heavy atom. The van der Waals surface area contributed by atoms with E-state index in [0.717, 1.165) is 11.1 Å². The number of nitrogens with zero attached hydrogens (tertiary/aromatic N) is 1. The molecule has 8 heteroatoms. The van der Waals surface area contributed by atoms with Gasteiger partial charge in [-0.2, -0.15) is 0 Å². The Bertz CT molecular complexity index is 767. The molecule has 0 radical (unpaired) electrons. The zero-order valence-electron chi connectivity index (χ0n) is 12.2. The fraction of sp³-hybridized carbons (Fsp3) is 0.188. The van der Waals surface area contributed by atoms with Gasteiger partial charge in [-0.1, -0.05) is 29.8 Å². The predicted molar refractivity (Wildman–Crippen MR) is 91.0 cm³/mol. The van der Waals surface area contributed by atoms with E-state index in [1.54, 1.807) is 35.2 Å². The average molecular weight is 422 g/mol. The van der Waals surface area contributed by atoms with Gasteiger partial charge in [-0.3, -0.25) is 5.41 Å². The van der Waals surface area contributed by atoms with Gasteiger partial charge >= 0.3 is 6.36 Å². The van der Waals surface area contributed by atoms with E-state index in [9.17, 15) is 13.2 Å². The molecule has 24 heavy (non-hydrogen) atoms. The van der Waals surface area contributed by atoms with Crippen LogP contribution in [0.5, 0.6) is 5.75 Å². The summed E-state index contributed by atoms with van der Waals surface area (Å²) >= 11 is 5.94. The Labute approximate surface area is 152 Å². The van der Waals surface area contributed by atoms with Crippen LogP contribution < -0.4 is 4.74 Å². The van der Waals surface area contributed by atoms with Crippen LogP contribution in [0.3, 0.4) is 0 Å². The van der Waals surface area contributed by atoms with Gasteiger partial charge < -0.3 is 9.64 Å². The summed E-state index contributed by atoms with van der Waals surface area (Å²) in [6, 6.07) is 11.2. The fourth-order valence-corrected chi connectivity index (χ4v) is 2.77. The number of nitrogens with one attached hydrogen (secondary N) is 1. The second-order valence-electron chi connectivity index (χ2n) is 5.16. The van der Waals surface area contributed by atoms with Gasteiger partial charge in [0.25, 0.3) is 0 Å². The molecule has 0 aromatic heterocycles. The van der Waals surface area contributed by atoms with Gasteiger partial charge in [0.1, 0.15) is 11.6 Å². The summed E-state index contributed by atoms with van der Waals surface area (Å²) in [5.41, 5.74) is 1.99. The van der Waals surface area contributed by atoms with Crippen molar-refractivity contribution >= 4 is 34.4 Å². The molecule has 0 aliphatic carbocycles. The van der Waals surface area contributed by atoms with Crippen molar-refractivity contribution in [2.24, 2.45) is 0 Å². The lowest BCUT2D eigenvalue weighted by Gasteiger charge is -2.20. The minimum Gasteiger partial charge on any atom is -0.405 e. The highest BCUT2D eigenvalue weighted by molar-refractivity contribution is 8.93. The lowest BCUT2D eigenvalue weighted by atomic mass is 10.1. The molecule has 1 N–H and O–H groups in total. The van der Waals surface area contributed by atoms with E-state index in [1.807, 2.05) is 0 Å². The van der Waals surface area contributed by atoms with Crippen molar-refractivity contribution in [3.05, 3.63) is 64.2 Å². The maximum absolute atomic E-state index is 12.5. The van der Waals surface area contributed by atoms with Gasteiger partial charge in [-0.05, 0) is 29.8 Å². The molecule has 128 valence electrons. The summed E-state index contributed by atoms with van der Waals surface area (Å²) in [4.78, 5) is 1.68. The number of halogens is 5. The molecule has 0 bridgehead atoms. The third kappa shape index (κ3) is 4.02. The van der Waals surface area contributed by atoms with Crippen molar-refractivity contribution in [3.63, 3.8) is 0 Å². The van der Waals surface area contributed by atoms with Crippen molar-refractivity contribution in [1.82, 2.24) is 4.90 Å². The third-order valence-electron chi connectivity index (χ3n) is 3.56. The Morgan fingerprint density at radius 3 is 2.58 bits per heavy atom. The molecule has 0 fully saturated rings. The predicted octanol–water partition coefficient (Wildman–Crippen LogP) is 5.16. The number of ether oxygens (including phenoxy) is 1. The number of rotatable bonds is 3. The summed E-state index contributed by atoms with van der Waals surface area (Å²) in [6.45, 7) is 0.576. The van der Waals surface area contributed by atoms with E-state index in [1.165, 1.54) is 12.1 Å². The minimum atomic E-state index is -4.74. The largest absolute Gasteiger partial charge is 0.573 e. The van der Waals surface area contributed by atoms with Gasteiger partial charge in [0.2, 0.25) is 0 Å². The smallest absolute Gasteiger partial charge is 0.405 e. The second-order valence-corrected chi connectivity index (χ2v) is 5.60. The number of benzene rings is 2. The molecule has 2 aromatic rings. The molecule has 0 atom stereocenters. The highest BCUT2D eigenvalue weighted by atomic mass is 79.9. The molecule has 0 saturated carbocycles. The topological polar surface area (TPSA) is 36.3 Å². The first kappa shape index (κ1) is 18.6. The molecule has 0 amide bonds. The van der Waals surface area contributed by atoms with E-state index < -0.39 is 6.36 Å². The molecule has 3 nitrogen and oxygen atoms in total. The highest BCUT2D eigenvalue weighted by Crippen LogP contribution is 2.31. The van der Waals surface area contributed by atoms with Crippen molar-refractivity contribution in [2.75, 3.05) is 0 Å². The fourth-order valence-electron chi connectivity index (χ4n) is 2.58. The zero-order valence-corrected chi connectivity index (χ0v) is 14.7. The summed E-state index contributed by atoms with van der Waals surface area (Å²) < 4.78 is 41.5. The SMILES string of the molecule is Br.N=C1c2ccc(Cl)cc2CN1Cc1ccccc1OC(F)(F)F. The number of alkyl halides is 3. The molecule has 2 aromatic carbocycles. The van der Waals surface area contributed by atoms with E-state index in [2.05, 4.69) is 4.74 Å². The Morgan fingerprint density at radius 1 is 1.17 bits per heavy atom. The first-order valence-electron chi connectivity index (χ1n) is 6.79. The summed E-state index contributed by atoms with van der Waals surface area (Å²) in [7, 11) is 0. The summed E-state index contributed by atoms with van der Waals surface area (Å²) in [5.74, 6) is 0.0141. The van der Waals surface area contributed by atoms with Crippen molar-refractivity contribution < 1.29 is 17.9 Å². The van der Waals surface area contributed by atoms with Gasteiger partial charge in [0.15, 0.2) is 0 Å². The lowest BCUT2D eigenvalue weighted by molar-refractivity contribution is -0.275. The van der Waals surface area contributed by atoms with Crippen LogP contribution >= 0.6 is 28.6 Å². The third-order valence-corrected chi connectivity index (χ3v) is 3.79. The van der Waals surface area contributed by atoms with Crippen LogP contribution in [0.15, 0.2) is 42.5 Å². The van der Waals surface area contributed by atoms with Crippen LogP contribution in [-0.4, -0.2) is 17.1 Å². The van der Waals surface area contributed by atoms with E-state index in [4.69, 9.17) is 17.0 Å². The minimum absolute atomic E-state index is 0. The first-order valence-corrected chi connectivity index (χ1v) is 7.17. The van der Waals surface area contributed by atoms with Gasteiger partial charge in [-0.25, -0.2) is 0 Å². The Kier molecular flexibility index (Phi) is 5.45. The molecule has 1 aliphatic heterocycles. The summed E-state index contributed by atoms with van der Waals surface area (Å²) in [5, 5.41) is 8.75. The highest BCUT2D eigenvalue weighted by Gasteiger charge is 2.32. The van der Waals surface area contributed by atoms with Crippen molar-refractivity contribution in [3.8, 4) is 5.75 Å². The zero-order chi connectivity index (χ0) is 16.6. The standard InChI is InChI=1S/C16H12ClF3N2O.BrH/c17-12-5-6-13-11(7-12)9-22(15(13)21)8-10-3-1-2-4-14(10)23-16(18,19)20;/h1-7,21H,8-9H2;1H. The van der Waals surface area contributed by atoms with Crippen LogP contribution in [0.4, 0.5) is 13.2 Å². The van der Waals surface area contributed by atoms with Crippen LogP contribution in [-0.2, 0) is 13.1 Å². The Hall–Kier alpha value is -1.73. The molecule has 0 unspecified atom stereocenters. The second kappa shape index (κ2) is 7.03. The quantitative estimate of drug-likeness (QED) is 0.743. The number of hydrogen-bond donors (Lipinski definition) is 1. The van der Waals surface area contributed by atoms with Gasteiger partial charge in [-0.15, -0.1) is 30.2 Å². The van der Waals surface area contributed by atoms with Crippen molar-refractivity contribution in [2.45, 2.75) is 19.5 Å². The Balaban J connectivity index is 0.00000208. The maximum atomic E-state index is 12.5. The normalized spacial score (nSPS) is 13.5. The number of hydrogen-bond acceptors (Lipinski definition) is 2. The van der Waals surface area contributed by atoms with Gasteiger partial charge in [0.05, 0.1) is 0 Å². The number of para-hydroxylation sites is 1. The van der Waals surface area contributed by atoms with Crippen LogP contribution in [0.2, 0.25) is 5.02 Å². The molecular formula is C16H13BrClF3N2O. The summed E-state index contributed by atoms with van der Waals surface area (Å²) in [6.07, 6.45) is -4.74. The molecule has 1 heterocycles. The number of fused-ring (bicyclic) bond motifs is 1. The number of amidine groups is 1. The van der Waals surface area contributed by atoms with Gasteiger partial charge in [0, 0.05) is 29.2 Å². The molecule has 0 saturated heterocycles. The maximum Gasteiger partial charge on any atom is 0.573 e. The lowest BCUT2D eigenvalue weighted by Crippen LogP contribution is -2.25. The molecule has 0 spiro atoms. The molecule has 3 rings (SSSR count). The van der Waals surface area contributed by atoms with E-state index in [0.29, 0.717) is 17.1 Å². The van der Waals surface area contributed by atoms with Crippen LogP contribution in [0, 0.1) is 5.41 Å². The van der Waals surface area contributed by atoms with Crippen LogP contribution in [0.1, 0.15) is 16.7 Å². The first-order chi connectivity index (χ1) is 10.8. The van der Waals surface area contributed by atoms with Crippen LogP contribution in [0.25, 0.3) is 0 Å². The van der Waals surface area contributed by atoms with Crippen molar-refractivity contribution in [1.29, 1.82) is 5.41 Å². The van der Waals surface area contributed by atoms with E-state index >= 15 is 0 Å².